The van der Waals surface area contributed by atoms with E-state index in [9.17, 15) is 13.2 Å². The Balaban J connectivity index is 2.70. The van der Waals surface area contributed by atoms with Gasteiger partial charge in [-0.15, -0.1) is 0 Å². The lowest BCUT2D eigenvalue weighted by molar-refractivity contribution is -0.137. The first kappa shape index (κ1) is 16.4. The monoisotopic (exact) mass is 297 g/mol. The molecule has 6 heteroatoms. The van der Waals surface area contributed by atoms with E-state index in [1.54, 1.807) is 26.0 Å². The van der Waals surface area contributed by atoms with Crippen molar-refractivity contribution in [2.75, 3.05) is 0 Å². The van der Waals surface area contributed by atoms with Crippen molar-refractivity contribution in [2.45, 2.75) is 32.2 Å². The SMILES string of the molecule is CC(C)(CCC(=O)O)NS(=O)(=O)C=Cc1ccccc1. The van der Waals surface area contributed by atoms with Crippen molar-refractivity contribution in [1.82, 2.24) is 4.72 Å². The molecule has 0 amide bonds. The number of aliphatic carboxylic acids is 1. The number of hydrogen-bond donors (Lipinski definition) is 2. The number of hydrogen-bond acceptors (Lipinski definition) is 3. The molecule has 0 aliphatic rings. The van der Waals surface area contributed by atoms with Gasteiger partial charge in [-0.2, -0.15) is 0 Å². The zero-order valence-corrected chi connectivity index (χ0v) is 12.4. The van der Waals surface area contributed by atoms with Crippen LogP contribution >= 0.6 is 0 Å². The van der Waals surface area contributed by atoms with Crippen molar-refractivity contribution in [1.29, 1.82) is 0 Å². The summed E-state index contributed by atoms with van der Waals surface area (Å²) in [7, 11) is -3.61. The molecule has 1 rings (SSSR count). The van der Waals surface area contributed by atoms with Crippen molar-refractivity contribution in [3.05, 3.63) is 41.3 Å². The van der Waals surface area contributed by atoms with Crippen LogP contribution in [-0.4, -0.2) is 25.0 Å². The summed E-state index contributed by atoms with van der Waals surface area (Å²) < 4.78 is 26.3. The largest absolute Gasteiger partial charge is 0.481 e. The molecule has 0 spiro atoms. The quantitative estimate of drug-likeness (QED) is 0.808. The third-order valence-corrected chi connectivity index (χ3v) is 3.95. The molecular formula is C14H19NO4S. The predicted molar refractivity (Wildman–Crippen MR) is 78.5 cm³/mol. The van der Waals surface area contributed by atoms with Crippen molar-refractivity contribution in [3.63, 3.8) is 0 Å². The van der Waals surface area contributed by atoms with Gasteiger partial charge in [-0.05, 0) is 31.9 Å². The average Bonchev–Trinajstić information content (AvgIpc) is 2.34. The number of sulfonamides is 1. The highest BCUT2D eigenvalue weighted by Crippen LogP contribution is 2.14. The van der Waals surface area contributed by atoms with Crippen LogP contribution in [0, 0.1) is 0 Å². The molecule has 0 unspecified atom stereocenters. The van der Waals surface area contributed by atoms with E-state index in [0.717, 1.165) is 11.0 Å². The van der Waals surface area contributed by atoms with Crippen LogP contribution < -0.4 is 4.72 Å². The Hall–Kier alpha value is -1.66. The Morgan fingerprint density at radius 3 is 2.45 bits per heavy atom. The van der Waals surface area contributed by atoms with Crippen molar-refractivity contribution >= 4 is 22.1 Å². The van der Waals surface area contributed by atoms with E-state index in [0.29, 0.717) is 0 Å². The molecule has 0 saturated heterocycles. The van der Waals surface area contributed by atoms with Gasteiger partial charge in [-0.25, -0.2) is 13.1 Å². The van der Waals surface area contributed by atoms with E-state index in [-0.39, 0.29) is 12.8 Å². The van der Waals surface area contributed by atoms with Gasteiger partial charge in [0.15, 0.2) is 0 Å². The summed E-state index contributed by atoms with van der Waals surface area (Å²) in [4.78, 5) is 10.5. The zero-order valence-electron chi connectivity index (χ0n) is 11.5. The lowest BCUT2D eigenvalue weighted by Crippen LogP contribution is -2.42. The molecular weight excluding hydrogens is 278 g/mol. The number of carboxylic acids is 1. The summed E-state index contributed by atoms with van der Waals surface area (Å²) in [6.45, 7) is 3.31. The summed E-state index contributed by atoms with van der Waals surface area (Å²) in [5.74, 6) is -0.947. The summed E-state index contributed by atoms with van der Waals surface area (Å²) in [6.07, 6.45) is 1.63. The molecule has 0 aliphatic heterocycles. The third kappa shape index (κ3) is 6.49. The molecule has 0 radical (unpaired) electrons. The van der Waals surface area contributed by atoms with Crippen LogP contribution in [0.15, 0.2) is 35.7 Å². The smallest absolute Gasteiger partial charge is 0.303 e. The van der Waals surface area contributed by atoms with Crippen molar-refractivity contribution < 1.29 is 18.3 Å². The summed E-state index contributed by atoms with van der Waals surface area (Å²) in [6, 6.07) is 9.06. The van der Waals surface area contributed by atoms with Gasteiger partial charge in [0.25, 0.3) is 0 Å². The number of nitrogens with one attached hydrogen (secondary N) is 1. The maximum Gasteiger partial charge on any atom is 0.303 e. The molecule has 1 aromatic rings. The maximum atomic E-state index is 11.9. The molecule has 0 bridgehead atoms. The van der Waals surface area contributed by atoms with Gasteiger partial charge in [0.2, 0.25) is 10.0 Å². The summed E-state index contributed by atoms with van der Waals surface area (Å²) in [5.41, 5.74) is -0.0284. The van der Waals surface area contributed by atoms with E-state index in [1.807, 2.05) is 18.2 Å². The fourth-order valence-corrected chi connectivity index (χ4v) is 2.90. The third-order valence-electron chi connectivity index (χ3n) is 2.62. The number of benzene rings is 1. The first-order chi connectivity index (χ1) is 9.20. The molecule has 0 fully saturated rings. The Bertz CT molecular complexity index is 576. The summed E-state index contributed by atoms with van der Waals surface area (Å²) >= 11 is 0. The van der Waals surface area contributed by atoms with E-state index in [1.165, 1.54) is 6.08 Å². The van der Waals surface area contributed by atoms with Gasteiger partial charge in [0, 0.05) is 17.4 Å². The van der Waals surface area contributed by atoms with Gasteiger partial charge in [0.05, 0.1) is 0 Å². The van der Waals surface area contributed by atoms with Gasteiger partial charge in [-0.3, -0.25) is 4.79 Å². The first-order valence-electron chi connectivity index (χ1n) is 6.19. The second kappa shape index (κ2) is 6.67. The van der Waals surface area contributed by atoms with E-state index in [2.05, 4.69) is 4.72 Å². The number of rotatable bonds is 7. The fourth-order valence-electron chi connectivity index (χ4n) is 1.62. The van der Waals surface area contributed by atoms with Crippen LogP contribution in [0.4, 0.5) is 0 Å². The lowest BCUT2D eigenvalue weighted by atomic mass is 10.0. The molecule has 2 N–H and O–H groups in total. The molecule has 0 aromatic heterocycles. The topological polar surface area (TPSA) is 83.5 Å². The fraction of sp³-hybridized carbons (Fsp3) is 0.357. The minimum atomic E-state index is -3.61. The van der Waals surface area contributed by atoms with E-state index < -0.39 is 21.5 Å². The Morgan fingerprint density at radius 2 is 1.90 bits per heavy atom. The Kier molecular flexibility index (Phi) is 5.47. The van der Waals surface area contributed by atoms with Crippen LogP contribution in [0.5, 0.6) is 0 Å². The van der Waals surface area contributed by atoms with Crippen LogP contribution in [0.3, 0.4) is 0 Å². The van der Waals surface area contributed by atoms with Gasteiger partial charge in [0.1, 0.15) is 0 Å². The standard InChI is InChI=1S/C14H19NO4S/c1-14(2,10-8-13(16)17)15-20(18,19)11-9-12-6-4-3-5-7-12/h3-7,9,11,15H,8,10H2,1-2H3,(H,16,17). The Labute approximate surface area is 119 Å². The minimum absolute atomic E-state index is 0.0854. The summed E-state index contributed by atoms with van der Waals surface area (Å²) in [5, 5.41) is 9.72. The second-order valence-corrected chi connectivity index (χ2v) is 6.70. The molecule has 1 aromatic carbocycles. The predicted octanol–water partition coefficient (Wildman–Crippen LogP) is 2.22. The van der Waals surface area contributed by atoms with Gasteiger partial charge in [-0.1, -0.05) is 30.3 Å². The molecule has 0 atom stereocenters. The normalized spacial score (nSPS) is 12.7. The van der Waals surface area contributed by atoms with Crippen molar-refractivity contribution in [3.8, 4) is 0 Å². The molecule has 110 valence electrons. The molecule has 20 heavy (non-hydrogen) atoms. The molecule has 5 nitrogen and oxygen atoms in total. The van der Waals surface area contributed by atoms with Crippen LogP contribution in [-0.2, 0) is 14.8 Å². The number of carboxylic acid groups (broad SMARTS) is 1. The van der Waals surface area contributed by atoms with E-state index in [4.69, 9.17) is 5.11 Å². The zero-order chi connectivity index (χ0) is 15.2. The Morgan fingerprint density at radius 1 is 1.30 bits per heavy atom. The van der Waals surface area contributed by atoms with Crippen molar-refractivity contribution in [2.24, 2.45) is 0 Å². The van der Waals surface area contributed by atoms with Crippen LogP contribution in [0.1, 0.15) is 32.3 Å². The highest BCUT2D eigenvalue weighted by Gasteiger charge is 2.23. The minimum Gasteiger partial charge on any atom is -0.481 e. The van der Waals surface area contributed by atoms with Gasteiger partial charge >= 0.3 is 5.97 Å². The number of carbonyl (C=O) groups is 1. The first-order valence-corrected chi connectivity index (χ1v) is 7.74. The average molecular weight is 297 g/mol. The maximum absolute atomic E-state index is 11.9. The molecule has 0 saturated carbocycles. The van der Waals surface area contributed by atoms with Crippen LogP contribution in [0.25, 0.3) is 6.08 Å². The highest BCUT2D eigenvalue weighted by molar-refractivity contribution is 7.92. The molecule has 0 aliphatic carbocycles. The van der Waals surface area contributed by atoms with E-state index >= 15 is 0 Å². The lowest BCUT2D eigenvalue weighted by Gasteiger charge is -2.24. The van der Waals surface area contributed by atoms with Gasteiger partial charge < -0.3 is 5.11 Å². The second-order valence-electron chi connectivity index (χ2n) is 5.14. The highest BCUT2D eigenvalue weighted by atomic mass is 32.2. The molecule has 0 heterocycles. The van der Waals surface area contributed by atoms with Crippen LogP contribution in [0.2, 0.25) is 0 Å².